The Bertz CT molecular complexity index is 467. The van der Waals surface area contributed by atoms with Crippen LogP contribution in [-0.4, -0.2) is 30.2 Å². The SMILES string of the molecule is CCc1cc(C(CCS(C)(=O)=O)NN)n(C)n1. The molecule has 0 aliphatic carbocycles. The van der Waals surface area contributed by atoms with Gasteiger partial charge < -0.3 is 0 Å². The van der Waals surface area contributed by atoms with Gasteiger partial charge in [0, 0.05) is 13.3 Å². The van der Waals surface area contributed by atoms with Crippen LogP contribution in [0.4, 0.5) is 0 Å². The number of sulfone groups is 1. The predicted molar refractivity (Wildman–Crippen MR) is 67.0 cm³/mol. The topological polar surface area (TPSA) is 90.0 Å². The molecule has 0 radical (unpaired) electrons. The van der Waals surface area contributed by atoms with Gasteiger partial charge in [-0.2, -0.15) is 5.10 Å². The summed E-state index contributed by atoms with van der Waals surface area (Å²) < 4.78 is 24.0. The maximum atomic E-state index is 11.1. The number of nitrogens with zero attached hydrogens (tertiary/aromatic N) is 2. The average Bonchev–Trinajstić information content (AvgIpc) is 2.60. The highest BCUT2D eigenvalue weighted by Gasteiger charge is 2.17. The molecule has 0 aliphatic heterocycles. The number of hydrogen-bond acceptors (Lipinski definition) is 5. The van der Waals surface area contributed by atoms with Crippen LogP contribution in [0.2, 0.25) is 0 Å². The van der Waals surface area contributed by atoms with Gasteiger partial charge in [-0.25, -0.2) is 8.42 Å². The van der Waals surface area contributed by atoms with E-state index in [4.69, 9.17) is 5.84 Å². The Morgan fingerprint density at radius 3 is 2.65 bits per heavy atom. The second kappa shape index (κ2) is 5.61. The third-order valence-corrected chi connectivity index (χ3v) is 3.64. The highest BCUT2D eigenvalue weighted by Crippen LogP contribution is 2.17. The lowest BCUT2D eigenvalue weighted by molar-refractivity contribution is 0.494. The molecule has 1 rings (SSSR count). The molecular formula is C10H20N4O2S. The van der Waals surface area contributed by atoms with Crippen molar-refractivity contribution in [2.75, 3.05) is 12.0 Å². The highest BCUT2D eigenvalue weighted by atomic mass is 32.2. The zero-order chi connectivity index (χ0) is 13.1. The van der Waals surface area contributed by atoms with E-state index < -0.39 is 9.84 Å². The fourth-order valence-electron chi connectivity index (χ4n) is 1.69. The Kier molecular flexibility index (Phi) is 4.67. The van der Waals surface area contributed by atoms with E-state index in [1.807, 2.05) is 20.0 Å². The first-order valence-electron chi connectivity index (χ1n) is 5.54. The largest absolute Gasteiger partial charge is 0.271 e. The standard InChI is InChI=1S/C10H20N4O2S/c1-4-8-7-10(14(2)13-8)9(12-11)5-6-17(3,15)16/h7,9,12H,4-6,11H2,1-3H3. The summed E-state index contributed by atoms with van der Waals surface area (Å²) in [6.45, 7) is 2.02. The fourth-order valence-corrected chi connectivity index (χ4v) is 2.35. The molecule has 1 atom stereocenters. The molecule has 0 aliphatic rings. The first kappa shape index (κ1) is 14.1. The van der Waals surface area contributed by atoms with Crippen LogP contribution in [0, 0.1) is 0 Å². The van der Waals surface area contributed by atoms with Gasteiger partial charge in [0.15, 0.2) is 0 Å². The van der Waals surface area contributed by atoms with Crippen molar-refractivity contribution in [2.24, 2.45) is 12.9 Å². The van der Waals surface area contributed by atoms with Crippen molar-refractivity contribution in [3.63, 3.8) is 0 Å². The molecule has 0 spiro atoms. The maximum absolute atomic E-state index is 11.1. The van der Waals surface area contributed by atoms with Crippen molar-refractivity contribution in [3.05, 3.63) is 17.5 Å². The van der Waals surface area contributed by atoms with Crippen molar-refractivity contribution < 1.29 is 8.42 Å². The molecule has 0 saturated heterocycles. The van der Waals surface area contributed by atoms with Gasteiger partial charge in [0.1, 0.15) is 9.84 Å². The molecule has 6 nitrogen and oxygen atoms in total. The Morgan fingerprint density at radius 1 is 1.59 bits per heavy atom. The van der Waals surface area contributed by atoms with Gasteiger partial charge in [-0.1, -0.05) is 6.92 Å². The summed E-state index contributed by atoms with van der Waals surface area (Å²) in [6.07, 6.45) is 2.51. The second-order valence-corrected chi connectivity index (χ2v) is 6.44. The van der Waals surface area contributed by atoms with Crippen LogP contribution in [-0.2, 0) is 23.3 Å². The second-order valence-electron chi connectivity index (χ2n) is 4.18. The highest BCUT2D eigenvalue weighted by molar-refractivity contribution is 7.90. The van der Waals surface area contributed by atoms with Crippen LogP contribution in [0.1, 0.15) is 30.8 Å². The zero-order valence-electron chi connectivity index (χ0n) is 10.5. The monoisotopic (exact) mass is 260 g/mol. The van der Waals surface area contributed by atoms with Gasteiger partial charge in [-0.05, 0) is 18.9 Å². The molecule has 98 valence electrons. The number of nitrogens with two attached hydrogens (primary N) is 1. The fraction of sp³-hybridized carbons (Fsp3) is 0.700. The molecule has 0 aromatic carbocycles. The lowest BCUT2D eigenvalue weighted by Gasteiger charge is -2.15. The van der Waals surface area contributed by atoms with Gasteiger partial charge in [0.25, 0.3) is 0 Å². The molecule has 1 aromatic heterocycles. The summed E-state index contributed by atoms with van der Waals surface area (Å²) in [5, 5.41) is 4.31. The van der Waals surface area contributed by atoms with Gasteiger partial charge in [0.2, 0.25) is 0 Å². The van der Waals surface area contributed by atoms with E-state index in [2.05, 4.69) is 10.5 Å². The van der Waals surface area contributed by atoms with Crippen LogP contribution in [0.15, 0.2) is 6.07 Å². The molecule has 17 heavy (non-hydrogen) atoms. The lowest BCUT2D eigenvalue weighted by atomic mass is 10.1. The third-order valence-electron chi connectivity index (χ3n) is 2.66. The minimum Gasteiger partial charge on any atom is -0.271 e. The first-order valence-corrected chi connectivity index (χ1v) is 7.60. The van der Waals surface area contributed by atoms with Crippen molar-refractivity contribution >= 4 is 9.84 Å². The Balaban J connectivity index is 2.82. The molecule has 3 N–H and O–H groups in total. The molecule has 1 heterocycles. The molecule has 7 heteroatoms. The van der Waals surface area contributed by atoms with Gasteiger partial charge in [-0.15, -0.1) is 0 Å². The summed E-state index contributed by atoms with van der Waals surface area (Å²) in [4.78, 5) is 0. The summed E-state index contributed by atoms with van der Waals surface area (Å²) in [7, 11) is -1.14. The molecule has 0 bridgehead atoms. The predicted octanol–water partition coefficient (Wildman–Crippen LogP) is -0.0784. The van der Waals surface area contributed by atoms with E-state index in [0.29, 0.717) is 6.42 Å². The molecule has 0 saturated carbocycles. The summed E-state index contributed by atoms with van der Waals surface area (Å²) in [5.74, 6) is 5.57. The normalized spacial score (nSPS) is 13.9. The van der Waals surface area contributed by atoms with E-state index in [1.165, 1.54) is 6.26 Å². The van der Waals surface area contributed by atoms with Gasteiger partial charge in [0.05, 0.1) is 23.2 Å². The molecule has 1 unspecified atom stereocenters. The maximum Gasteiger partial charge on any atom is 0.147 e. The smallest absolute Gasteiger partial charge is 0.147 e. The van der Waals surface area contributed by atoms with E-state index in [-0.39, 0.29) is 11.8 Å². The number of aromatic nitrogens is 2. The molecule has 1 aromatic rings. The summed E-state index contributed by atoms with van der Waals surface area (Å²) in [6, 6.07) is 1.76. The number of hydrogen-bond donors (Lipinski definition) is 2. The van der Waals surface area contributed by atoms with Crippen molar-refractivity contribution in [3.8, 4) is 0 Å². The molecule has 0 amide bonds. The lowest BCUT2D eigenvalue weighted by Crippen LogP contribution is -2.31. The van der Waals surface area contributed by atoms with E-state index in [1.54, 1.807) is 4.68 Å². The number of rotatable bonds is 6. The van der Waals surface area contributed by atoms with Crippen LogP contribution >= 0.6 is 0 Å². The number of hydrazine groups is 1. The Hall–Kier alpha value is -0.920. The first-order chi connectivity index (χ1) is 7.87. The van der Waals surface area contributed by atoms with Gasteiger partial charge >= 0.3 is 0 Å². The zero-order valence-corrected chi connectivity index (χ0v) is 11.3. The van der Waals surface area contributed by atoms with E-state index in [9.17, 15) is 8.42 Å². The molecular weight excluding hydrogens is 240 g/mol. The minimum atomic E-state index is -2.97. The number of aryl methyl sites for hydroxylation is 2. The van der Waals surface area contributed by atoms with Crippen molar-refractivity contribution in [1.29, 1.82) is 0 Å². The Morgan fingerprint density at radius 2 is 2.24 bits per heavy atom. The minimum absolute atomic E-state index is 0.106. The van der Waals surface area contributed by atoms with Crippen molar-refractivity contribution in [2.45, 2.75) is 25.8 Å². The Labute approximate surface area is 102 Å². The number of nitrogens with one attached hydrogen (secondary N) is 1. The van der Waals surface area contributed by atoms with E-state index >= 15 is 0 Å². The van der Waals surface area contributed by atoms with Crippen LogP contribution in [0.3, 0.4) is 0 Å². The van der Waals surface area contributed by atoms with Crippen LogP contribution in [0.5, 0.6) is 0 Å². The van der Waals surface area contributed by atoms with Crippen LogP contribution in [0.25, 0.3) is 0 Å². The van der Waals surface area contributed by atoms with Crippen molar-refractivity contribution in [1.82, 2.24) is 15.2 Å². The average molecular weight is 260 g/mol. The molecule has 0 fully saturated rings. The van der Waals surface area contributed by atoms with E-state index in [0.717, 1.165) is 17.8 Å². The third kappa shape index (κ3) is 4.10. The quantitative estimate of drug-likeness (QED) is 0.551. The van der Waals surface area contributed by atoms with Gasteiger partial charge in [-0.3, -0.25) is 16.0 Å². The summed E-state index contributed by atoms with van der Waals surface area (Å²) in [5.41, 5.74) is 4.53. The van der Waals surface area contributed by atoms with Crippen LogP contribution < -0.4 is 11.3 Å². The summed E-state index contributed by atoms with van der Waals surface area (Å²) >= 11 is 0.